The largest absolute Gasteiger partial charge is 0.481 e. The topological polar surface area (TPSA) is 83.0 Å². The van der Waals surface area contributed by atoms with Gasteiger partial charge in [0.15, 0.2) is 0 Å². The van der Waals surface area contributed by atoms with E-state index < -0.39 is 5.97 Å². The highest BCUT2D eigenvalue weighted by atomic mass is 16.4. The second kappa shape index (κ2) is 4.01. The van der Waals surface area contributed by atoms with E-state index in [4.69, 9.17) is 5.11 Å². The predicted molar refractivity (Wildman–Crippen MR) is 63.2 cm³/mol. The number of aryl methyl sites for hydroxylation is 2. The van der Waals surface area contributed by atoms with Crippen molar-refractivity contribution in [1.29, 1.82) is 0 Å². The average Bonchev–Trinajstić information content (AvgIpc) is 2.23. The Hall–Kier alpha value is -2.17. The van der Waals surface area contributed by atoms with Gasteiger partial charge < -0.3 is 10.1 Å². The van der Waals surface area contributed by atoms with Gasteiger partial charge in [0.1, 0.15) is 0 Å². The number of hydrogen-bond donors (Lipinski definition) is 2. The first-order valence-electron chi connectivity index (χ1n) is 5.19. The number of fused-ring (bicyclic) bond motifs is 1. The van der Waals surface area contributed by atoms with Gasteiger partial charge in [0.2, 0.25) is 0 Å². The molecule has 0 amide bonds. The van der Waals surface area contributed by atoms with Crippen molar-refractivity contribution in [2.24, 2.45) is 0 Å². The van der Waals surface area contributed by atoms with Crippen LogP contribution in [0.3, 0.4) is 0 Å². The molecule has 0 aliphatic rings. The van der Waals surface area contributed by atoms with E-state index in [2.05, 4.69) is 9.97 Å². The molecule has 0 aromatic carbocycles. The quantitative estimate of drug-likeness (QED) is 0.814. The van der Waals surface area contributed by atoms with E-state index in [-0.39, 0.29) is 12.0 Å². The van der Waals surface area contributed by atoms with Crippen molar-refractivity contribution in [2.45, 2.75) is 20.3 Å². The molecule has 2 rings (SSSR count). The Morgan fingerprint density at radius 2 is 2.18 bits per heavy atom. The third-order valence-electron chi connectivity index (χ3n) is 2.82. The molecule has 2 heterocycles. The summed E-state index contributed by atoms with van der Waals surface area (Å²) in [4.78, 5) is 29.3. The molecule has 17 heavy (non-hydrogen) atoms. The Kier molecular flexibility index (Phi) is 2.67. The molecule has 0 bridgehead atoms. The molecular weight excluding hydrogens is 220 g/mol. The summed E-state index contributed by atoms with van der Waals surface area (Å²) in [6.45, 7) is 3.59. The van der Waals surface area contributed by atoms with Crippen molar-refractivity contribution in [1.82, 2.24) is 9.97 Å². The number of carboxylic acids is 1. The summed E-state index contributed by atoms with van der Waals surface area (Å²) in [5.41, 5.74) is 2.11. The number of hydrogen-bond acceptors (Lipinski definition) is 3. The van der Waals surface area contributed by atoms with Crippen LogP contribution in [0.2, 0.25) is 0 Å². The van der Waals surface area contributed by atoms with Crippen molar-refractivity contribution >= 4 is 16.9 Å². The third kappa shape index (κ3) is 1.91. The number of carboxylic acid groups (broad SMARTS) is 1. The summed E-state index contributed by atoms with van der Waals surface area (Å²) < 4.78 is 0. The molecule has 0 fully saturated rings. The Morgan fingerprint density at radius 1 is 1.47 bits per heavy atom. The zero-order valence-corrected chi connectivity index (χ0v) is 9.57. The van der Waals surface area contributed by atoms with Crippen molar-refractivity contribution in [3.8, 4) is 0 Å². The number of rotatable bonds is 2. The maximum atomic E-state index is 11.8. The first-order valence-corrected chi connectivity index (χ1v) is 5.19. The summed E-state index contributed by atoms with van der Waals surface area (Å²) in [7, 11) is 0. The Bertz CT molecular complexity index is 659. The highest BCUT2D eigenvalue weighted by Crippen LogP contribution is 2.19. The standard InChI is InChI=1S/C12H12N2O3/c1-6-8(5-10(15)16)12(17)14-9-3-4-13-7(2)11(6)9/h3-4H,5H2,1-2H3,(H,14,17)(H,15,16). The van der Waals surface area contributed by atoms with E-state index >= 15 is 0 Å². The molecule has 5 heteroatoms. The van der Waals surface area contributed by atoms with Gasteiger partial charge in [-0.3, -0.25) is 14.6 Å². The molecule has 0 unspecified atom stereocenters. The first-order chi connectivity index (χ1) is 8.00. The van der Waals surface area contributed by atoms with E-state index in [0.717, 1.165) is 11.1 Å². The second-order valence-electron chi connectivity index (χ2n) is 3.95. The van der Waals surface area contributed by atoms with Crippen molar-refractivity contribution in [3.05, 3.63) is 39.4 Å². The first kappa shape index (κ1) is 11.3. The van der Waals surface area contributed by atoms with Crippen LogP contribution in [-0.2, 0) is 11.2 Å². The van der Waals surface area contributed by atoms with Gasteiger partial charge >= 0.3 is 5.97 Å². The third-order valence-corrected chi connectivity index (χ3v) is 2.82. The lowest BCUT2D eigenvalue weighted by atomic mass is 10.0. The molecule has 0 radical (unpaired) electrons. The highest BCUT2D eigenvalue weighted by Gasteiger charge is 2.13. The second-order valence-corrected chi connectivity index (χ2v) is 3.95. The van der Waals surface area contributed by atoms with Crippen LogP contribution in [0, 0.1) is 13.8 Å². The van der Waals surface area contributed by atoms with Crippen molar-refractivity contribution < 1.29 is 9.90 Å². The van der Waals surface area contributed by atoms with Crippen LogP contribution in [-0.4, -0.2) is 21.0 Å². The molecule has 5 nitrogen and oxygen atoms in total. The lowest BCUT2D eigenvalue weighted by Gasteiger charge is -2.08. The molecule has 0 saturated carbocycles. The van der Waals surface area contributed by atoms with Crippen LogP contribution in [0.15, 0.2) is 17.1 Å². The molecule has 0 saturated heterocycles. The Morgan fingerprint density at radius 3 is 2.82 bits per heavy atom. The van der Waals surface area contributed by atoms with Gasteiger partial charge in [-0.1, -0.05) is 0 Å². The zero-order valence-electron chi connectivity index (χ0n) is 9.57. The van der Waals surface area contributed by atoms with Crippen LogP contribution in [0.25, 0.3) is 10.9 Å². The minimum absolute atomic E-state index is 0.272. The minimum Gasteiger partial charge on any atom is -0.481 e. The fourth-order valence-electron chi connectivity index (χ4n) is 2.03. The zero-order chi connectivity index (χ0) is 12.6. The summed E-state index contributed by atoms with van der Waals surface area (Å²) >= 11 is 0. The van der Waals surface area contributed by atoms with Crippen LogP contribution in [0.4, 0.5) is 0 Å². The monoisotopic (exact) mass is 232 g/mol. The summed E-state index contributed by atoms with van der Waals surface area (Å²) in [6, 6.07) is 1.71. The fourth-order valence-corrected chi connectivity index (χ4v) is 2.03. The SMILES string of the molecule is Cc1nccc2[nH]c(=O)c(CC(=O)O)c(C)c12. The number of pyridine rings is 2. The summed E-state index contributed by atoms with van der Waals surface area (Å²) in [6.07, 6.45) is 1.34. The predicted octanol–water partition coefficient (Wildman–Crippen LogP) is 1.17. The number of nitrogens with one attached hydrogen (secondary N) is 1. The molecule has 2 aromatic rings. The number of carbonyl (C=O) groups is 1. The molecule has 0 spiro atoms. The number of aliphatic carboxylic acids is 1. The number of H-pyrrole nitrogens is 1. The number of aromatic nitrogens is 2. The lowest BCUT2D eigenvalue weighted by molar-refractivity contribution is -0.136. The van der Waals surface area contributed by atoms with Gasteiger partial charge in [-0.2, -0.15) is 0 Å². The Balaban J connectivity index is 2.83. The van der Waals surface area contributed by atoms with E-state index in [9.17, 15) is 9.59 Å². The van der Waals surface area contributed by atoms with Gasteiger partial charge in [-0.15, -0.1) is 0 Å². The minimum atomic E-state index is -1.01. The van der Waals surface area contributed by atoms with Gasteiger partial charge in [0.25, 0.3) is 5.56 Å². The summed E-state index contributed by atoms with van der Waals surface area (Å²) in [5.74, 6) is -1.01. The Labute approximate surface area is 97.1 Å². The molecule has 88 valence electrons. The van der Waals surface area contributed by atoms with Crippen molar-refractivity contribution in [2.75, 3.05) is 0 Å². The molecule has 0 aliphatic carbocycles. The lowest BCUT2D eigenvalue weighted by Crippen LogP contribution is -2.18. The molecular formula is C12H12N2O3. The van der Waals surface area contributed by atoms with E-state index in [1.165, 1.54) is 0 Å². The molecule has 2 N–H and O–H groups in total. The van der Waals surface area contributed by atoms with Gasteiger partial charge in [-0.25, -0.2) is 0 Å². The molecule has 2 aromatic heterocycles. The maximum Gasteiger partial charge on any atom is 0.308 e. The number of aromatic amines is 1. The highest BCUT2D eigenvalue weighted by molar-refractivity contribution is 5.85. The van der Waals surface area contributed by atoms with E-state index in [1.807, 2.05) is 6.92 Å². The molecule has 0 atom stereocenters. The van der Waals surface area contributed by atoms with Gasteiger partial charge in [-0.05, 0) is 25.5 Å². The summed E-state index contributed by atoms with van der Waals surface area (Å²) in [5, 5.41) is 9.61. The van der Waals surface area contributed by atoms with Gasteiger partial charge in [0, 0.05) is 22.8 Å². The van der Waals surface area contributed by atoms with Crippen LogP contribution < -0.4 is 5.56 Å². The van der Waals surface area contributed by atoms with E-state index in [1.54, 1.807) is 19.2 Å². The van der Waals surface area contributed by atoms with Gasteiger partial charge in [0.05, 0.1) is 11.9 Å². The van der Waals surface area contributed by atoms with Crippen LogP contribution >= 0.6 is 0 Å². The van der Waals surface area contributed by atoms with Crippen LogP contribution in [0.1, 0.15) is 16.8 Å². The fraction of sp³-hybridized carbons (Fsp3) is 0.250. The smallest absolute Gasteiger partial charge is 0.308 e. The number of nitrogens with zero attached hydrogens (tertiary/aromatic N) is 1. The van der Waals surface area contributed by atoms with Crippen LogP contribution in [0.5, 0.6) is 0 Å². The average molecular weight is 232 g/mol. The van der Waals surface area contributed by atoms with E-state index in [0.29, 0.717) is 16.6 Å². The van der Waals surface area contributed by atoms with Crippen molar-refractivity contribution in [3.63, 3.8) is 0 Å². The normalized spacial score (nSPS) is 10.7. The maximum absolute atomic E-state index is 11.8. The molecule has 0 aliphatic heterocycles.